The first-order valence-electron chi connectivity index (χ1n) is 9.44. The van der Waals surface area contributed by atoms with Crippen LogP contribution in [0.5, 0.6) is 0 Å². The van der Waals surface area contributed by atoms with Crippen molar-refractivity contribution < 1.29 is 0 Å². The van der Waals surface area contributed by atoms with Gasteiger partial charge < -0.3 is 0 Å². The van der Waals surface area contributed by atoms with Crippen molar-refractivity contribution in [1.29, 1.82) is 0 Å². The third kappa shape index (κ3) is 3.17. The van der Waals surface area contributed by atoms with Crippen LogP contribution in [-0.2, 0) is 0 Å². The lowest BCUT2D eigenvalue weighted by molar-refractivity contribution is 0.709. The number of hydrogen-bond donors (Lipinski definition) is 0. The number of hydrogen-bond acceptors (Lipinski definition) is 2. The van der Waals surface area contributed by atoms with Gasteiger partial charge in [0.25, 0.3) is 0 Å². The molecule has 0 fully saturated rings. The molecule has 0 amide bonds. The van der Waals surface area contributed by atoms with Crippen LogP contribution in [0.4, 0.5) is 5.69 Å². The average Bonchev–Trinajstić information content (AvgIpc) is 3.20. The number of hydrazone groups is 1. The van der Waals surface area contributed by atoms with Crippen LogP contribution in [0.15, 0.2) is 102 Å². The minimum Gasteiger partial charge on any atom is -0.257 e. The van der Waals surface area contributed by atoms with Crippen LogP contribution in [0.1, 0.15) is 23.6 Å². The largest absolute Gasteiger partial charge is 0.257 e. The van der Waals surface area contributed by atoms with Crippen LogP contribution in [0.25, 0.3) is 10.8 Å². The molecular weight excluding hydrogens is 364 g/mol. The Labute approximate surface area is 169 Å². The lowest BCUT2D eigenvalue weighted by Gasteiger charge is -2.24. The van der Waals surface area contributed by atoms with E-state index in [1.165, 1.54) is 21.9 Å². The van der Waals surface area contributed by atoms with Gasteiger partial charge in [0, 0.05) is 11.4 Å². The molecule has 1 heterocycles. The van der Waals surface area contributed by atoms with E-state index < -0.39 is 0 Å². The molecule has 5 rings (SSSR count). The molecule has 4 aromatic rings. The van der Waals surface area contributed by atoms with Gasteiger partial charge in [-0.1, -0.05) is 78.3 Å². The summed E-state index contributed by atoms with van der Waals surface area (Å²) in [6.07, 6.45) is 0.841. The van der Waals surface area contributed by atoms with Crippen molar-refractivity contribution in [2.75, 3.05) is 5.01 Å². The standard InChI is InChI=1S/C25H19ClN2/c26-22-10-6-9-21(16-22)25-17-24(27-28(25)23-11-2-1-3-12-23)20-14-13-18-7-4-5-8-19(18)15-20/h1-16,25H,17H2. The molecule has 0 aliphatic carbocycles. The maximum absolute atomic E-state index is 6.28. The van der Waals surface area contributed by atoms with Crippen molar-refractivity contribution in [2.24, 2.45) is 5.10 Å². The number of nitrogens with zero attached hydrogens (tertiary/aromatic N) is 2. The second-order valence-corrected chi connectivity index (χ2v) is 7.50. The summed E-state index contributed by atoms with van der Waals surface area (Å²) in [6.45, 7) is 0. The fourth-order valence-corrected chi connectivity index (χ4v) is 4.04. The van der Waals surface area contributed by atoms with Gasteiger partial charge in [-0.15, -0.1) is 0 Å². The molecule has 2 nitrogen and oxygen atoms in total. The third-order valence-corrected chi connectivity index (χ3v) is 5.48. The Morgan fingerprint density at radius 2 is 1.54 bits per heavy atom. The van der Waals surface area contributed by atoms with Crippen LogP contribution < -0.4 is 5.01 Å². The Bertz CT molecular complexity index is 1170. The second-order valence-electron chi connectivity index (χ2n) is 7.06. The van der Waals surface area contributed by atoms with Gasteiger partial charge in [-0.2, -0.15) is 5.10 Å². The normalized spacial score (nSPS) is 16.4. The number of halogens is 1. The second kappa shape index (κ2) is 7.14. The van der Waals surface area contributed by atoms with E-state index in [-0.39, 0.29) is 6.04 Å². The third-order valence-electron chi connectivity index (χ3n) is 5.25. The van der Waals surface area contributed by atoms with E-state index in [9.17, 15) is 0 Å². The van der Waals surface area contributed by atoms with Gasteiger partial charge >= 0.3 is 0 Å². The topological polar surface area (TPSA) is 15.6 Å². The number of para-hydroxylation sites is 1. The molecule has 0 aromatic heterocycles. The molecule has 0 saturated carbocycles. The molecule has 1 atom stereocenters. The van der Waals surface area contributed by atoms with Crippen molar-refractivity contribution in [3.63, 3.8) is 0 Å². The number of anilines is 1. The van der Waals surface area contributed by atoms with Crippen molar-refractivity contribution in [1.82, 2.24) is 0 Å². The molecule has 0 N–H and O–H groups in total. The summed E-state index contributed by atoms with van der Waals surface area (Å²) < 4.78 is 0. The Kier molecular flexibility index (Phi) is 4.34. The predicted octanol–water partition coefficient (Wildman–Crippen LogP) is 6.85. The fourth-order valence-electron chi connectivity index (χ4n) is 3.85. The Morgan fingerprint density at radius 1 is 0.750 bits per heavy atom. The molecule has 4 aromatic carbocycles. The molecule has 1 aliphatic rings. The predicted molar refractivity (Wildman–Crippen MR) is 118 cm³/mol. The van der Waals surface area contributed by atoms with Crippen LogP contribution in [0.2, 0.25) is 5.02 Å². The zero-order chi connectivity index (χ0) is 18.9. The highest BCUT2D eigenvalue weighted by molar-refractivity contribution is 6.30. The van der Waals surface area contributed by atoms with E-state index in [0.717, 1.165) is 22.8 Å². The summed E-state index contributed by atoms with van der Waals surface area (Å²) in [4.78, 5) is 0. The number of benzene rings is 4. The summed E-state index contributed by atoms with van der Waals surface area (Å²) in [6, 6.07) is 33.6. The van der Waals surface area contributed by atoms with Gasteiger partial charge in [-0.25, -0.2) is 0 Å². The van der Waals surface area contributed by atoms with Gasteiger partial charge in [0.15, 0.2) is 0 Å². The zero-order valence-electron chi connectivity index (χ0n) is 15.3. The number of rotatable bonds is 3. The van der Waals surface area contributed by atoms with E-state index in [0.29, 0.717) is 0 Å². The molecule has 1 unspecified atom stereocenters. The van der Waals surface area contributed by atoms with Crippen molar-refractivity contribution in [2.45, 2.75) is 12.5 Å². The van der Waals surface area contributed by atoms with Crippen LogP contribution in [0.3, 0.4) is 0 Å². The van der Waals surface area contributed by atoms with Gasteiger partial charge in [0.1, 0.15) is 0 Å². The Hall–Kier alpha value is -3.10. The fraction of sp³-hybridized carbons (Fsp3) is 0.0800. The lowest BCUT2D eigenvalue weighted by Crippen LogP contribution is -2.18. The molecule has 136 valence electrons. The lowest BCUT2D eigenvalue weighted by atomic mass is 9.97. The highest BCUT2D eigenvalue weighted by Gasteiger charge is 2.30. The number of fused-ring (bicyclic) bond motifs is 1. The Balaban J connectivity index is 1.58. The van der Waals surface area contributed by atoms with Gasteiger partial charge in [-0.3, -0.25) is 5.01 Å². The summed E-state index contributed by atoms with van der Waals surface area (Å²) in [7, 11) is 0. The van der Waals surface area contributed by atoms with Crippen LogP contribution in [0, 0.1) is 0 Å². The molecule has 0 spiro atoms. The first-order valence-corrected chi connectivity index (χ1v) is 9.82. The summed E-state index contributed by atoms with van der Waals surface area (Å²) >= 11 is 6.28. The molecular formula is C25H19ClN2. The van der Waals surface area contributed by atoms with E-state index in [1.807, 2.05) is 36.4 Å². The quantitative estimate of drug-likeness (QED) is 0.378. The highest BCUT2D eigenvalue weighted by atomic mass is 35.5. The highest BCUT2D eigenvalue weighted by Crippen LogP contribution is 2.37. The monoisotopic (exact) mass is 382 g/mol. The maximum Gasteiger partial charge on any atom is 0.0832 e. The van der Waals surface area contributed by atoms with E-state index >= 15 is 0 Å². The van der Waals surface area contributed by atoms with E-state index in [2.05, 4.69) is 65.7 Å². The summed E-state index contributed by atoms with van der Waals surface area (Å²) in [5, 5.41) is 10.4. The minimum absolute atomic E-state index is 0.127. The van der Waals surface area contributed by atoms with E-state index in [4.69, 9.17) is 16.7 Å². The minimum atomic E-state index is 0.127. The van der Waals surface area contributed by atoms with Gasteiger partial charge in [0.05, 0.1) is 17.4 Å². The van der Waals surface area contributed by atoms with Crippen molar-refractivity contribution >= 4 is 33.8 Å². The van der Waals surface area contributed by atoms with E-state index in [1.54, 1.807) is 0 Å². The van der Waals surface area contributed by atoms with Crippen molar-refractivity contribution in [3.8, 4) is 0 Å². The summed E-state index contributed by atoms with van der Waals surface area (Å²) in [5.41, 5.74) is 4.53. The first-order chi connectivity index (χ1) is 13.8. The smallest absolute Gasteiger partial charge is 0.0832 e. The Morgan fingerprint density at radius 3 is 2.36 bits per heavy atom. The van der Waals surface area contributed by atoms with Crippen LogP contribution >= 0.6 is 11.6 Å². The van der Waals surface area contributed by atoms with Crippen molar-refractivity contribution in [3.05, 3.63) is 113 Å². The molecule has 0 bridgehead atoms. The molecule has 1 aliphatic heterocycles. The van der Waals surface area contributed by atoms with Gasteiger partial charge in [0.2, 0.25) is 0 Å². The molecule has 28 heavy (non-hydrogen) atoms. The maximum atomic E-state index is 6.28. The average molecular weight is 383 g/mol. The zero-order valence-corrected chi connectivity index (χ0v) is 16.1. The van der Waals surface area contributed by atoms with Crippen LogP contribution in [-0.4, -0.2) is 5.71 Å². The van der Waals surface area contributed by atoms with Gasteiger partial charge in [-0.05, 0) is 52.2 Å². The molecule has 0 saturated heterocycles. The molecule has 3 heteroatoms. The molecule has 0 radical (unpaired) electrons. The summed E-state index contributed by atoms with van der Waals surface area (Å²) in [5.74, 6) is 0. The SMILES string of the molecule is Clc1cccc(C2CC(c3ccc4ccccc4c3)=NN2c2ccccc2)c1. The first kappa shape index (κ1) is 17.0.